The van der Waals surface area contributed by atoms with Gasteiger partial charge in [0.25, 0.3) is 0 Å². The summed E-state index contributed by atoms with van der Waals surface area (Å²) < 4.78 is 5.09. The molecule has 0 atom stereocenters. The molecule has 2 rings (SSSR count). The van der Waals surface area contributed by atoms with Crippen LogP contribution in [-0.4, -0.2) is 20.9 Å². The second-order valence-corrected chi connectivity index (χ2v) is 3.97. The Hall–Kier alpha value is -2.04. The van der Waals surface area contributed by atoms with E-state index in [9.17, 15) is 4.79 Å². The van der Waals surface area contributed by atoms with Crippen LogP contribution in [0.15, 0.2) is 23.0 Å². The van der Waals surface area contributed by atoms with Crippen molar-refractivity contribution in [3.63, 3.8) is 0 Å². The second-order valence-electron chi connectivity index (χ2n) is 3.97. The molecule has 0 aliphatic carbocycles. The number of rotatable bonds is 5. The molecule has 18 heavy (non-hydrogen) atoms. The second kappa shape index (κ2) is 5.53. The van der Waals surface area contributed by atoms with Gasteiger partial charge in [-0.3, -0.25) is 9.78 Å². The van der Waals surface area contributed by atoms with E-state index in [-0.39, 0.29) is 12.2 Å². The van der Waals surface area contributed by atoms with Crippen LogP contribution in [0.4, 0.5) is 0 Å². The molecule has 0 amide bonds. The number of aryl methyl sites for hydroxylation is 1. The number of pyridine rings is 1. The maximum absolute atomic E-state index is 11.3. The molecule has 2 heterocycles. The van der Waals surface area contributed by atoms with Crippen LogP contribution in [-0.2, 0) is 17.6 Å². The SMILES string of the molecule is CCC(=O)Cc1nc(-c2ccncc2CC)no1. The van der Waals surface area contributed by atoms with Crippen molar-refractivity contribution < 1.29 is 9.32 Å². The van der Waals surface area contributed by atoms with Crippen LogP contribution in [0.1, 0.15) is 31.7 Å². The van der Waals surface area contributed by atoms with E-state index in [2.05, 4.69) is 15.1 Å². The molecule has 0 aliphatic rings. The van der Waals surface area contributed by atoms with Crippen molar-refractivity contribution >= 4 is 5.78 Å². The highest BCUT2D eigenvalue weighted by atomic mass is 16.5. The van der Waals surface area contributed by atoms with Crippen molar-refractivity contribution in [3.8, 4) is 11.4 Å². The fraction of sp³-hybridized carbons (Fsp3) is 0.385. The smallest absolute Gasteiger partial charge is 0.234 e. The summed E-state index contributed by atoms with van der Waals surface area (Å²) in [6, 6.07) is 1.86. The number of hydrogen-bond acceptors (Lipinski definition) is 5. The van der Waals surface area contributed by atoms with E-state index in [4.69, 9.17) is 4.52 Å². The van der Waals surface area contributed by atoms with Gasteiger partial charge in [0.2, 0.25) is 11.7 Å². The standard InChI is InChI=1S/C13H15N3O2/c1-3-9-8-14-6-5-11(9)13-15-12(18-16-13)7-10(17)4-2/h5-6,8H,3-4,7H2,1-2H3. The van der Waals surface area contributed by atoms with Gasteiger partial charge >= 0.3 is 0 Å². The summed E-state index contributed by atoms with van der Waals surface area (Å²) >= 11 is 0. The molecule has 5 heteroatoms. The van der Waals surface area contributed by atoms with Crippen molar-refractivity contribution in [2.75, 3.05) is 0 Å². The third kappa shape index (κ3) is 2.61. The molecule has 0 fully saturated rings. The van der Waals surface area contributed by atoms with Gasteiger partial charge in [-0.05, 0) is 18.1 Å². The lowest BCUT2D eigenvalue weighted by Crippen LogP contribution is -2.00. The fourth-order valence-corrected chi connectivity index (χ4v) is 1.66. The monoisotopic (exact) mass is 245 g/mol. The van der Waals surface area contributed by atoms with Gasteiger partial charge in [-0.2, -0.15) is 4.98 Å². The van der Waals surface area contributed by atoms with Crippen LogP contribution in [0.25, 0.3) is 11.4 Å². The lowest BCUT2D eigenvalue weighted by Gasteiger charge is -2.00. The number of Topliss-reactive ketones (excluding diaryl/α,β-unsaturated/α-hetero) is 1. The minimum Gasteiger partial charge on any atom is -0.339 e. The first-order valence-electron chi connectivity index (χ1n) is 6.02. The number of aromatic nitrogens is 3. The van der Waals surface area contributed by atoms with Crippen LogP contribution >= 0.6 is 0 Å². The van der Waals surface area contributed by atoms with Gasteiger partial charge in [0.05, 0.1) is 6.42 Å². The van der Waals surface area contributed by atoms with Gasteiger partial charge in [-0.15, -0.1) is 0 Å². The predicted molar refractivity (Wildman–Crippen MR) is 65.9 cm³/mol. The van der Waals surface area contributed by atoms with Gasteiger partial charge in [0.15, 0.2) is 0 Å². The first-order valence-corrected chi connectivity index (χ1v) is 6.02. The Labute approximate surface area is 105 Å². The predicted octanol–water partition coefficient (Wildman–Crippen LogP) is 2.22. The highest BCUT2D eigenvalue weighted by molar-refractivity contribution is 5.79. The number of hydrogen-bond donors (Lipinski definition) is 0. The van der Waals surface area contributed by atoms with E-state index < -0.39 is 0 Å². The van der Waals surface area contributed by atoms with Gasteiger partial charge in [-0.1, -0.05) is 19.0 Å². The molecule has 2 aromatic rings. The third-order valence-electron chi connectivity index (χ3n) is 2.74. The Morgan fingerprint density at radius 2 is 2.22 bits per heavy atom. The van der Waals surface area contributed by atoms with E-state index in [1.165, 1.54) is 0 Å². The summed E-state index contributed by atoms with van der Waals surface area (Å²) in [5.41, 5.74) is 1.97. The lowest BCUT2D eigenvalue weighted by atomic mass is 10.1. The van der Waals surface area contributed by atoms with Crippen molar-refractivity contribution in [1.29, 1.82) is 0 Å². The molecule has 0 saturated carbocycles. The first kappa shape index (κ1) is 12.4. The van der Waals surface area contributed by atoms with E-state index in [0.29, 0.717) is 18.1 Å². The normalized spacial score (nSPS) is 10.6. The van der Waals surface area contributed by atoms with E-state index in [1.54, 1.807) is 12.4 Å². The molecule has 2 aromatic heterocycles. The molecule has 5 nitrogen and oxygen atoms in total. The molecule has 0 unspecified atom stereocenters. The average molecular weight is 245 g/mol. The minimum atomic E-state index is 0.0932. The molecule has 0 aliphatic heterocycles. The van der Waals surface area contributed by atoms with Crippen LogP contribution in [0.3, 0.4) is 0 Å². The van der Waals surface area contributed by atoms with Crippen molar-refractivity contribution in [1.82, 2.24) is 15.1 Å². The topological polar surface area (TPSA) is 68.9 Å². The van der Waals surface area contributed by atoms with E-state index in [1.807, 2.05) is 19.9 Å². The first-order chi connectivity index (χ1) is 8.74. The Bertz CT molecular complexity index is 549. The third-order valence-corrected chi connectivity index (χ3v) is 2.74. The fourth-order valence-electron chi connectivity index (χ4n) is 1.66. The highest BCUT2D eigenvalue weighted by Crippen LogP contribution is 2.20. The maximum atomic E-state index is 11.3. The van der Waals surface area contributed by atoms with Crippen LogP contribution in [0.2, 0.25) is 0 Å². The number of ketones is 1. The zero-order chi connectivity index (χ0) is 13.0. The molecular weight excluding hydrogens is 230 g/mol. The zero-order valence-corrected chi connectivity index (χ0v) is 10.5. The van der Waals surface area contributed by atoms with Crippen molar-refractivity contribution in [2.45, 2.75) is 33.1 Å². The van der Waals surface area contributed by atoms with Gasteiger partial charge in [0, 0.05) is 24.4 Å². The summed E-state index contributed by atoms with van der Waals surface area (Å²) in [5, 5.41) is 3.92. The molecular formula is C13H15N3O2. The minimum absolute atomic E-state index is 0.0932. The largest absolute Gasteiger partial charge is 0.339 e. The summed E-state index contributed by atoms with van der Waals surface area (Å²) in [4.78, 5) is 19.6. The summed E-state index contributed by atoms with van der Waals surface area (Å²) in [5.74, 6) is 0.986. The van der Waals surface area contributed by atoms with Crippen LogP contribution in [0, 0.1) is 0 Å². The average Bonchev–Trinajstić information content (AvgIpc) is 2.86. The Balaban J connectivity index is 2.26. The Kier molecular flexibility index (Phi) is 3.82. The molecule has 0 saturated heterocycles. The number of carbonyl (C=O) groups is 1. The van der Waals surface area contributed by atoms with Crippen LogP contribution < -0.4 is 0 Å². The maximum Gasteiger partial charge on any atom is 0.234 e. The quantitative estimate of drug-likeness (QED) is 0.807. The number of carbonyl (C=O) groups excluding carboxylic acids is 1. The summed E-state index contributed by atoms with van der Waals surface area (Å²) in [7, 11) is 0. The Morgan fingerprint density at radius 3 is 2.94 bits per heavy atom. The molecule has 0 spiro atoms. The van der Waals surface area contributed by atoms with Crippen LogP contribution in [0.5, 0.6) is 0 Å². The van der Waals surface area contributed by atoms with Gasteiger partial charge < -0.3 is 4.52 Å². The number of nitrogens with zero attached hydrogens (tertiary/aromatic N) is 3. The summed E-state index contributed by atoms with van der Waals surface area (Å²) in [6.45, 7) is 3.86. The lowest BCUT2D eigenvalue weighted by molar-refractivity contribution is -0.118. The Morgan fingerprint density at radius 1 is 1.39 bits per heavy atom. The molecule has 0 aromatic carbocycles. The van der Waals surface area contributed by atoms with Gasteiger partial charge in [-0.25, -0.2) is 0 Å². The highest BCUT2D eigenvalue weighted by Gasteiger charge is 2.13. The molecule has 0 bridgehead atoms. The van der Waals surface area contributed by atoms with E-state index >= 15 is 0 Å². The summed E-state index contributed by atoms with van der Waals surface area (Å²) in [6.07, 6.45) is 5.02. The van der Waals surface area contributed by atoms with Crippen molar-refractivity contribution in [2.24, 2.45) is 0 Å². The van der Waals surface area contributed by atoms with E-state index in [0.717, 1.165) is 17.5 Å². The molecule has 94 valence electrons. The molecule has 0 N–H and O–H groups in total. The molecule has 0 radical (unpaired) electrons. The zero-order valence-electron chi connectivity index (χ0n) is 10.5. The van der Waals surface area contributed by atoms with Gasteiger partial charge in [0.1, 0.15) is 5.78 Å². The van der Waals surface area contributed by atoms with Crippen molar-refractivity contribution in [3.05, 3.63) is 29.9 Å².